The van der Waals surface area contributed by atoms with Gasteiger partial charge in [0.15, 0.2) is 0 Å². The number of hydrogen-bond donors (Lipinski definition) is 1. The summed E-state index contributed by atoms with van der Waals surface area (Å²) < 4.78 is 0. The lowest BCUT2D eigenvalue weighted by Gasteiger charge is -2.36. The van der Waals surface area contributed by atoms with E-state index in [4.69, 9.17) is 11.6 Å². The maximum atomic E-state index is 12.5. The van der Waals surface area contributed by atoms with Gasteiger partial charge in [-0.25, -0.2) is 0 Å². The van der Waals surface area contributed by atoms with Crippen LogP contribution in [0, 0.1) is 0 Å². The third-order valence-corrected chi connectivity index (χ3v) is 5.97. The number of benzene rings is 2. The fourth-order valence-corrected chi connectivity index (χ4v) is 4.14. The Bertz CT molecular complexity index is 800. The fourth-order valence-electron chi connectivity index (χ4n) is 3.93. The van der Waals surface area contributed by atoms with Crippen molar-refractivity contribution >= 4 is 17.5 Å². The molecule has 0 atom stereocenters. The molecule has 1 aliphatic heterocycles. The van der Waals surface area contributed by atoms with Crippen molar-refractivity contribution in [1.29, 1.82) is 0 Å². The van der Waals surface area contributed by atoms with Crippen molar-refractivity contribution < 1.29 is 4.79 Å². The number of nitrogens with zero attached hydrogens (tertiary/aromatic N) is 1. The van der Waals surface area contributed by atoms with Gasteiger partial charge in [-0.3, -0.25) is 9.69 Å². The minimum absolute atomic E-state index is 0.0205. The first-order chi connectivity index (χ1) is 12.7. The van der Waals surface area contributed by atoms with Crippen LogP contribution in [0.1, 0.15) is 46.3 Å². The van der Waals surface area contributed by atoms with Crippen LogP contribution in [-0.4, -0.2) is 29.9 Å². The van der Waals surface area contributed by atoms with Crippen molar-refractivity contribution in [3.63, 3.8) is 0 Å². The highest BCUT2D eigenvalue weighted by molar-refractivity contribution is 6.30. The van der Waals surface area contributed by atoms with Gasteiger partial charge in [-0.05, 0) is 66.6 Å². The summed E-state index contributed by atoms with van der Waals surface area (Å²) >= 11 is 6.00. The molecule has 0 spiro atoms. The molecule has 0 saturated heterocycles. The van der Waals surface area contributed by atoms with Crippen molar-refractivity contribution in [2.24, 2.45) is 0 Å². The van der Waals surface area contributed by atoms with Crippen LogP contribution >= 0.6 is 11.6 Å². The monoisotopic (exact) mass is 368 g/mol. The van der Waals surface area contributed by atoms with E-state index in [-0.39, 0.29) is 5.91 Å². The molecular weight excluding hydrogens is 344 g/mol. The zero-order chi connectivity index (χ0) is 17.9. The van der Waals surface area contributed by atoms with Gasteiger partial charge in [0, 0.05) is 36.3 Å². The summed E-state index contributed by atoms with van der Waals surface area (Å²) in [5.41, 5.74) is 4.50. The zero-order valence-electron chi connectivity index (χ0n) is 15.0. The summed E-state index contributed by atoms with van der Waals surface area (Å²) in [5.74, 6) is -0.0205. The zero-order valence-corrected chi connectivity index (χ0v) is 15.8. The van der Waals surface area contributed by atoms with E-state index in [1.54, 1.807) is 0 Å². The Balaban J connectivity index is 1.40. The van der Waals surface area contributed by atoms with Gasteiger partial charge in [-0.2, -0.15) is 0 Å². The maximum Gasteiger partial charge on any atom is 0.251 e. The van der Waals surface area contributed by atoms with Crippen LogP contribution in [0.5, 0.6) is 0 Å². The van der Waals surface area contributed by atoms with E-state index in [9.17, 15) is 4.79 Å². The third kappa shape index (κ3) is 3.94. The Morgan fingerprint density at radius 3 is 2.62 bits per heavy atom. The molecule has 1 aliphatic carbocycles. The van der Waals surface area contributed by atoms with Gasteiger partial charge in [0.2, 0.25) is 0 Å². The second-order valence-electron chi connectivity index (χ2n) is 7.42. The highest BCUT2D eigenvalue weighted by Gasteiger charge is 2.26. The number of carbonyl (C=O) groups is 1. The summed E-state index contributed by atoms with van der Waals surface area (Å²) in [4.78, 5) is 15.2. The topological polar surface area (TPSA) is 32.3 Å². The molecule has 2 aromatic rings. The van der Waals surface area contributed by atoms with Gasteiger partial charge in [0.05, 0.1) is 0 Å². The summed E-state index contributed by atoms with van der Waals surface area (Å²) in [7, 11) is 0. The summed E-state index contributed by atoms with van der Waals surface area (Å²) in [5, 5.41) is 3.69. The highest BCUT2D eigenvalue weighted by atomic mass is 35.5. The number of rotatable bonds is 4. The molecule has 1 amide bonds. The van der Waals surface area contributed by atoms with Gasteiger partial charge in [-0.15, -0.1) is 0 Å². The number of halogens is 1. The summed E-state index contributed by atoms with van der Waals surface area (Å²) in [6, 6.07) is 14.6. The Morgan fingerprint density at radius 2 is 1.88 bits per heavy atom. The molecule has 4 heteroatoms. The molecule has 1 heterocycles. The van der Waals surface area contributed by atoms with Crippen molar-refractivity contribution in [2.45, 2.75) is 44.7 Å². The third-order valence-electron chi connectivity index (χ3n) is 5.74. The fraction of sp³-hybridized carbons (Fsp3) is 0.409. The molecule has 1 fully saturated rings. The van der Waals surface area contributed by atoms with Crippen LogP contribution in [-0.2, 0) is 19.4 Å². The minimum Gasteiger partial charge on any atom is -0.348 e. The van der Waals surface area contributed by atoms with Crippen molar-refractivity contribution in [2.75, 3.05) is 13.1 Å². The molecule has 0 aromatic heterocycles. The number of fused-ring (bicyclic) bond motifs is 1. The average Bonchev–Trinajstić information content (AvgIpc) is 2.81. The highest BCUT2D eigenvalue weighted by Crippen LogP contribution is 2.27. The van der Waals surface area contributed by atoms with Crippen molar-refractivity contribution in [3.8, 4) is 0 Å². The molecule has 136 valence electrons. The lowest BCUT2D eigenvalue weighted by atomic mass is 9.91. The van der Waals surface area contributed by atoms with Gasteiger partial charge < -0.3 is 5.32 Å². The molecule has 4 rings (SSSR count). The molecule has 26 heavy (non-hydrogen) atoms. The van der Waals surface area contributed by atoms with E-state index in [0.29, 0.717) is 11.6 Å². The quantitative estimate of drug-likeness (QED) is 0.876. The van der Waals surface area contributed by atoms with Crippen LogP contribution in [0.2, 0.25) is 5.02 Å². The first kappa shape index (κ1) is 17.6. The standard InChI is InChI=1S/C22H25ClN2O/c23-20-4-1-3-16(13-20)15-24-22(26)19-8-7-17-9-11-25(21-5-2-6-21)12-10-18(17)14-19/h1,3-4,7-8,13-14,21H,2,5-6,9-12,15H2,(H,24,26). The predicted molar refractivity (Wildman–Crippen MR) is 106 cm³/mol. The molecule has 2 aromatic carbocycles. The smallest absolute Gasteiger partial charge is 0.251 e. The van der Waals surface area contributed by atoms with Gasteiger partial charge in [0.25, 0.3) is 5.91 Å². The summed E-state index contributed by atoms with van der Waals surface area (Å²) in [6.45, 7) is 2.76. The lowest BCUT2D eigenvalue weighted by Crippen LogP contribution is -2.41. The number of hydrogen-bond acceptors (Lipinski definition) is 2. The van der Waals surface area contributed by atoms with Crippen LogP contribution in [0.25, 0.3) is 0 Å². The Morgan fingerprint density at radius 1 is 1.08 bits per heavy atom. The van der Waals surface area contributed by atoms with E-state index < -0.39 is 0 Å². The number of nitrogens with one attached hydrogen (secondary N) is 1. The Labute approximate surface area is 160 Å². The van der Waals surface area contributed by atoms with E-state index >= 15 is 0 Å². The average molecular weight is 369 g/mol. The normalized spacial score (nSPS) is 17.9. The van der Waals surface area contributed by atoms with Gasteiger partial charge in [-0.1, -0.05) is 36.2 Å². The molecule has 1 N–H and O–H groups in total. The van der Waals surface area contributed by atoms with Gasteiger partial charge in [0.1, 0.15) is 0 Å². The molecule has 0 bridgehead atoms. The maximum absolute atomic E-state index is 12.5. The minimum atomic E-state index is -0.0205. The Kier molecular flexibility index (Phi) is 5.28. The number of carbonyl (C=O) groups excluding carboxylic acids is 1. The molecule has 3 nitrogen and oxygen atoms in total. The molecular formula is C22H25ClN2O. The van der Waals surface area contributed by atoms with Crippen LogP contribution in [0.15, 0.2) is 42.5 Å². The largest absolute Gasteiger partial charge is 0.348 e. The van der Waals surface area contributed by atoms with E-state index in [0.717, 1.165) is 43.1 Å². The summed E-state index contributed by atoms with van der Waals surface area (Å²) in [6.07, 6.45) is 6.23. The van der Waals surface area contributed by atoms with Crippen LogP contribution in [0.4, 0.5) is 0 Å². The molecule has 0 unspecified atom stereocenters. The molecule has 2 aliphatic rings. The van der Waals surface area contributed by atoms with Crippen molar-refractivity contribution in [1.82, 2.24) is 10.2 Å². The second kappa shape index (κ2) is 7.81. The molecule has 1 saturated carbocycles. The number of amides is 1. The van der Waals surface area contributed by atoms with Crippen molar-refractivity contribution in [3.05, 3.63) is 69.7 Å². The predicted octanol–water partition coefficient (Wildman–Crippen LogP) is 4.22. The SMILES string of the molecule is O=C(NCc1cccc(Cl)c1)c1ccc2c(c1)CCN(C1CCC1)CC2. The first-order valence-corrected chi connectivity index (χ1v) is 9.95. The van der Waals surface area contributed by atoms with Crippen LogP contribution < -0.4 is 5.32 Å². The lowest BCUT2D eigenvalue weighted by molar-refractivity contribution is 0.0950. The van der Waals surface area contributed by atoms with Crippen LogP contribution in [0.3, 0.4) is 0 Å². The van der Waals surface area contributed by atoms with E-state index in [1.165, 1.54) is 30.4 Å². The Hall–Kier alpha value is -1.84. The van der Waals surface area contributed by atoms with E-state index in [2.05, 4.69) is 22.3 Å². The van der Waals surface area contributed by atoms with Gasteiger partial charge >= 0.3 is 0 Å². The first-order valence-electron chi connectivity index (χ1n) is 9.57. The van der Waals surface area contributed by atoms with E-state index in [1.807, 2.05) is 30.3 Å². The second-order valence-corrected chi connectivity index (χ2v) is 7.85. The molecule has 0 radical (unpaired) electrons.